The number of carbonyl (C=O) groups is 1. The zero-order valence-electron chi connectivity index (χ0n) is 20.8. The molecule has 3 aromatic rings. The van der Waals surface area contributed by atoms with Crippen LogP contribution in [0.3, 0.4) is 0 Å². The molecule has 0 aliphatic rings. The van der Waals surface area contributed by atoms with Gasteiger partial charge in [0.25, 0.3) is 0 Å². The summed E-state index contributed by atoms with van der Waals surface area (Å²) in [5.74, 6) is -1.76. The van der Waals surface area contributed by atoms with Gasteiger partial charge in [-0.3, -0.25) is 0 Å². The molecular formula is C29H35F2NO2. The third-order valence-corrected chi connectivity index (χ3v) is 4.77. The molecule has 0 unspecified atom stereocenters. The topological polar surface area (TPSA) is 50.1 Å². The molecular weight excluding hydrogens is 432 g/mol. The third kappa shape index (κ3) is 10.4. The van der Waals surface area contributed by atoms with E-state index in [0.29, 0.717) is 0 Å². The minimum Gasteiger partial charge on any atom is -0.497 e. The number of benzene rings is 3. The van der Waals surface area contributed by atoms with Crippen molar-refractivity contribution >= 4 is 6.79 Å². The third-order valence-electron chi connectivity index (χ3n) is 4.77. The lowest BCUT2D eigenvalue weighted by Crippen LogP contribution is -1.92. The number of hydrogen-bond donors (Lipinski definition) is 0. The molecule has 3 aromatic carbocycles. The lowest BCUT2D eigenvalue weighted by molar-refractivity contribution is -0.0980. The molecule has 0 amide bonds. The Morgan fingerprint density at radius 1 is 0.882 bits per heavy atom. The second kappa shape index (κ2) is 18.0. The van der Waals surface area contributed by atoms with Crippen molar-refractivity contribution in [1.29, 1.82) is 5.26 Å². The molecule has 0 spiro atoms. The maximum Gasteiger partial charge on any atom is 0.147 e. The maximum absolute atomic E-state index is 12.8. The van der Waals surface area contributed by atoms with Crippen molar-refractivity contribution in [1.82, 2.24) is 0 Å². The summed E-state index contributed by atoms with van der Waals surface area (Å²) >= 11 is 0. The molecule has 5 heteroatoms. The van der Waals surface area contributed by atoms with Gasteiger partial charge in [0.15, 0.2) is 0 Å². The van der Waals surface area contributed by atoms with Crippen LogP contribution in [0.2, 0.25) is 0 Å². The standard InChI is InChI=1S/C18H22.C8H5F2NO.C2H6.CH2O/c1-3-4-5-6-16-9-13-18(14-10-16)17-11-7-15(2)8-12-17;1-12-5-2-7(9)6(4-11)8(10)3-5;2*1-2/h7-14H,3-6H2,1-2H3;2-3H,1H3;1-2H3;1H2. The summed E-state index contributed by atoms with van der Waals surface area (Å²) in [6.45, 7) is 10.4. The van der Waals surface area contributed by atoms with Crippen LogP contribution in [0.4, 0.5) is 8.78 Å². The first kappa shape index (κ1) is 30.5. The highest BCUT2D eigenvalue weighted by molar-refractivity contribution is 5.63. The van der Waals surface area contributed by atoms with Crippen molar-refractivity contribution in [3.63, 3.8) is 0 Å². The first-order chi connectivity index (χ1) is 16.5. The molecule has 0 atom stereocenters. The van der Waals surface area contributed by atoms with Gasteiger partial charge in [0.1, 0.15) is 35.8 Å². The Morgan fingerprint density at radius 2 is 1.35 bits per heavy atom. The van der Waals surface area contributed by atoms with Gasteiger partial charge < -0.3 is 9.53 Å². The number of nitrogens with zero attached hydrogens (tertiary/aromatic N) is 1. The van der Waals surface area contributed by atoms with E-state index in [1.807, 2.05) is 20.6 Å². The number of aryl methyl sites for hydroxylation is 2. The van der Waals surface area contributed by atoms with Crippen molar-refractivity contribution in [2.24, 2.45) is 0 Å². The van der Waals surface area contributed by atoms with E-state index in [1.165, 1.54) is 61.1 Å². The summed E-state index contributed by atoms with van der Waals surface area (Å²) in [7, 11) is 1.29. The van der Waals surface area contributed by atoms with E-state index in [9.17, 15) is 8.78 Å². The van der Waals surface area contributed by atoms with E-state index in [1.54, 1.807) is 0 Å². The Kier molecular flexibility index (Phi) is 16.1. The quantitative estimate of drug-likeness (QED) is 0.344. The Hall–Kier alpha value is -3.52. The smallest absolute Gasteiger partial charge is 0.147 e. The van der Waals surface area contributed by atoms with Gasteiger partial charge in [0, 0.05) is 12.1 Å². The van der Waals surface area contributed by atoms with Gasteiger partial charge in [-0.25, -0.2) is 8.78 Å². The van der Waals surface area contributed by atoms with E-state index >= 15 is 0 Å². The Labute approximate surface area is 203 Å². The summed E-state index contributed by atoms with van der Waals surface area (Å²) in [6, 6.07) is 21.1. The van der Waals surface area contributed by atoms with Crippen LogP contribution in [0.1, 0.15) is 56.7 Å². The normalized spacial score (nSPS) is 9.12. The number of halogens is 2. The molecule has 0 bridgehead atoms. The lowest BCUT2D eigenvalue weighted by atomic mass is 10.0. The summed E-state index contributed by atoms with van der Waals surface area (Å²) in [5, 5.41) is 8.29. The summed E-state index contributed by atoms with van der Waals surface area (Å²) < 4.78 is 30.1. The fraction of sp³-hybridized carbons (Fsp3) is 0.310. The van der Waals surface area contributed by atoms with Crippen LogP contribution in [0.15, 0.2) is 60.7 Å². The number of ether oxygens (including phenoxy) is 1. The highest BCUT2D eigenvalue weighted by Crippen LogP contribution is 2.21. The van der Waals surface area contributed by atoms with Crippen LogP contribution in [0.25, 0.3) is 11.1 Å². The van der Waals surface area contributed by atoms with E-state index in [4.69, 9.17) is 10.1 Å². The molecule has 34 heavy (non-hydrogen) atoms. The van der Waals surface area contributed by atoms with Gasteiger partial charge in [-0.1, -0.05) is 87.7 Å². The summed E-state index contributed by atoms with van der Waals surface area (Å²) in [6.07, 6.45) is 5.14. The average Bonchev–Trinajstić information content (AvgIpc) is 2.88. The molecule has 0 saturated carbocycles. The maximum atomic E-state index is 12.8. The van der Waals surface area contributed by atoms with Gasteiger partial charge in [0.2, 0.25) is 0 Å². The number of hydrogen-bond acceptors (Lipinski definition) is 3. The summed E-state index contributed by atoms with van der Waals surface area (Å²) in [4.78, 5) is 8.00. The highest BCUT2D eigenvalue weighted by atomic mass is 19.1. The van der Waals surface area contributed by atoms with Gasteiger partial charge in [0.05, 0.1) is 7.11 Å². The Balaban J connectivity index is 0.000000592. The molecule has 0 N–H and O–H groups in total. The summed E-state index contributed by atoms with van der Waals surface area (Å²) in [5.41, 5.74) is 4.81. The van der Waals surface area contributed by atoms with Crippen LogP contribution in [0.5, 0.6) is 5.75 Å². The molecule has 0 aliphatic carbocycles. The zero-order valence-corrected chi connectivity index (χ0v) is 20.8. The van der Waals surface area contributed by atoms with E-state index < -0.39 is 17.2 Å². The van der Waals surface area contributed by atoms with Gasteiger partial charge >= 0.3 is 0 Å². The Morgan fingerprint density at radius 3 is 1.76 bits per heavy atom. The largest absolute Gasteiger partial charge is 0.497 e. The molecule has 3 rings (SSSR count). The van der Waals surface area contributed by atoms with E-state index in [0.717, 1.165) is 12.1 Å². The van der Waals surface area contributed by atoms with Crippen molar-refractivity contribution in [2.45, 2.75) is 53.4 Å². The molecule has 182 valence electrons. The predicted octanol–water partition coefficient (Wildman–Crippen LogP) is 8.08. The number of unbranched alkanes of at least 4 members (excludes halogenated alkanes) is 2. The minimum atomic E-state index is -0.908. The van der Waals surface area contributed by atoms with Crippen molar-refractivity contribution in [2.75, 3.05) is 7.11 Å². The van der Waals surface area contributed by atoms with E-state index in [-0.39, 0.29) is 5.75 Å². The van der Waals surface area contributed by atoms with Crippen molar-refractivity contribution in [3.05, 3.63) is 89.0 Å². The fourth-order valence-electron chi connectivity index (χ4n) is 2.96. The second-order valence-electron chi connectivity index (χ2n) is 7.10. The molecule has 0 radical (unpaired) electrons. The first-order valence-electron chi connectivity index (χ1n) is 11.4. The first-order valence-corrected chi connectivity index (χ1v) is 11.4. The average molecular weight is 468 g/mol. The van der Waals surface area contributed by atoms with Gasteiger partial charge in [-0.15, -0.1) is 0 Å². The number of methoxy groups -OCH3 is 1. The van der Waals surface area contributed by atoms with Crippen LogP contribution in [-0.2, 0) is 11.2 Å². The lowest BCUT2D eigenvalue weighted by Gasteiger charge is -2.05. The number of nitriles is 1. The van der Waals surface area contributed by atoms with Crippen LogP contribution in [0, 0.1) is 29.9 Å². The molecule has 0 fully saturated rings. The molecule has 0 heterocycles. The van der Waals surface area contributed by atoms with Gasteiger partial charge in [-0.2, -0.15) is 5.26 Å². The Bertz CT molecular complexity index is 971. The zero-order chi connectivity index (χ0) is 25.9. The molecule has 0 aliphatic heterocycles. The predicted molar refractivity (Wildman–Crippen MR) is 136 cm³/mol. The number of rotatable bonds is 6. The number of carbonyl (C=O) groups excluding carboxylic acids is 1. The van der Waals surface area contributed by atoms with Gasteiger partial charge in [-0.05, 0) is 36.5 Å². The van der Waals surface area contributed by atoms with Crippen molar-refractivity contribution < 1.29 is 18.3 Å². The minimum absolute atomic E-state index is 0.0593. The molecule has 0 saturated heterocycles. The highest BCUT2D eigenvalue weighted by Gasteiger charge is 2.10. The van der Waals surface area contributed by atoms with E-state index in [2.05, 4.69) is 67.1 Å². The molecule has 3 nitrogen and oxygen atoms in total. The van der Waals surface area contributed by atoms with Crippen molar-refractivity contribution in [3.8, 4) is 22.9 Å². The van der Waals surface area contributed by atoms with Crippen LogP contribution < -0.4 is 4.74 Å². The second-order valence-corrected chi connectivity index (χ2v) is 7.10. The van der Waals surface area contributed by atoms with Crippen LogP contribution in [-0.4, -0.2) is 13.9 Å². The fourth-order valence-corrected chi connectivity index (χ4v) is 2.96. The molecule has 0 aromatic heterocycles. The monoisotopic (exact) mass is 467 g/mol. The van der Waals surface area contributed by atoms with Crippen LogP contribution >= 0.6 is 0 Å². The SMILES string of the molecule is C=O.CC.CCCCCc1ccc(-c2ccc(C)cc2)cc1.COc1cc(F)c(C#N)c(F)c1.